The van der Waals surface area contributed by atoms with Crippen LogP contribution in [0.2, 0.25) is 0 Å². The van der Waals surface area contributed by atoms with Gasteiger partial charge in [0.15, 0.2) is 0 Å². The van der Waals surface area contributed by atoms with Gasteiger partial charge in [0, 0.05) is 17.3 Å². The van der Waals surface area contributed by atoms with Crippen LogP contribution in [-0.2, 0) is 6.54 Å². The Morgan fingerprint density at radius 2 is 2.15 bits per heavy atom. The van der Waals surface area contributed by atoms with E-state index < -0.39 is 0 Å². The average molecular weight is 286 g/mol. The van der Waals surface area contributed by atoms with Crippen LogP contribution in [0.25, 0.3) is 21.5 Å². The van der Waals surface area contributed by atoms with Crippen molar-refractivity contribution in [3.8, 4) is 10.6 Å². The number of aryl methyl sites for hydroxylation is 1. The van der Waals surface area contributed by atoms with Crippen LogP contribution >= 0.6 is 11.3 Å². The number of rotatable bonds is 5. The molecular weight excluding hydrogens is 268 g/mol. The number of thiazole rings is 1. The van der Waals surface area contributed by atoms with E-state index in [4.69, 9.17) is 9.40 Å². The first-order chi connectivity index (χ1) is 9.79. The molecule has 0 unspecified atom stereocenters. The third-order valence-electron chi connectivity index (χ3n) is 3.27. The minimum atomic E-state index is 0.833. The summed E-state index contributed by atoms with van der Waals surface area (Å²) in [4.78, 5) is 4.73. The summed E-state index contributed by atoms with van der Waals surface area (Å²) in [6.45, 7) is 6.03. The van der Waals surface area contributed by atoms with Crippen molar-refractivity contribution in [1.29, 1.82) is 0 Å². The molecule has 0 spiro atoms. The first kappa shape index (κ1) is 13.3. The Bertz CT molecular complexity index is 714. The van der Waals surface area contributed by atoms with Crippen molar-refractivity contribution in [3.63, 3.8) is 0 Å². The Balaban J connectivity index is 1.93. The van der Waals surface area contributed by atoms with Crippen LogP contribution in [0.4, 0.5) is 0 Å². The molecule has 20 heavy (non-hydrogen) atoms. The number of para-hydroxylation sites is 1. The predicted molar refractivity (Wildman–Crippen MR) is 84.1 cm³/mol. The van der Waals surface area contributed by atoms with E-state index in [9.17, 15) is 0 Å². The smallest absolute Gasteiger partial charge is 0.135 e. The van der Waals surface area contributed by atoms with E-state index >= 15 is 0 Å². The summed E-state index contributed by atoms with van der Waals surface area (Å²) in [5, 5.41) is 7.69. The number of furan rings is 1. The normalized spacial score (nSPS) is 11.3. The van der Waals surface area contributed by atoms with Crippen LogP contribution in [0.15, 0.2) is 34.1 Å². The number of aromatic nitrogens is 1. The molecule has 4 heteroatoms. The maximum atomic E-state index is 5.81. The molecule has 1 aromatic carbocycles. The van der Waals surface area contributed by atoms with Gasteiger partial charge in [0.2, 0.25) is 0 Å². The van der Waals surface area contributed by atoms with E-state index in [1.807, 2.05) is 25.1 Å². The van der Waals surface area contributed by atoms with Gasteiger partial charge in [-0.3, -0.25) is 0 Å². The van der Waals surface area contributed by atoms with Gasteiger partial charge in [-0.25, -0.2) is 4.98 Å². The topological polar surface area (TPSA) is 38.1 Å². The summed E-state index contributed by atoms with van der Waals surface area (Å²) in [6, 6.07) is 8.13. The van der Waals surface area contributed by atoms with Gasteiger partial charge in [-0.2, -0.15) is 0 Å². The third kappa shape index (κ3) is 2.49. The molecule has 0 radical (unpaired) electrons. The van der Waals surface area contributed by atoms with Crippen molar-refractivity contribution < 1.29 is 4.42 Å². The summed E-state index contributed by atoms with van der Waals surface area (Å²) in [6.07, 6.45) is 1.14. The largest absolute Gasteiger partial charge is 0.461 e. The van der Waals surface area contributed by atoms with Gasteiger partial charge >= 0.3 is 0 Å². The fourth-order valence-electron chi connectivity index (χ4n) is 2.33. The molecule has 0 saturated carbocycles. The number of benzene rings is 1. The van der Waals surface area contributed by atoms with Gasteiger partial charge < -0.3 is 9.73 Å². The van der Waals surface area contributed by atoms with Crippen molar-refractivity contribution in [3.05, 3.63) is 41.1 Å². The second-order valence-corrected chi connectivity index (χ2v) is 5.71. The highest BCUT2D eigenvalue weighted by Gasteiger charge is 2.15. The van der Waals surface area contributed by atoms with Crippen LogP contribution in [0.1, 0.15) is 24.8 Å². The molecule has 2 aromatic heterocycles. The molecular formula is C16H18N2OS. The van der Waals surface area contributed by atoms with E-state index in [0.29, 0.717) is 0 Å². The van der Waals surface area contributed by atoms with Gasteiger partial charge in [-0.05, 0) is 26.0 Å². The van der Waals surface area contributed by atoms with Crippen LogP contribution in [-0.4, -0.2) is 11.5 Å². The summed E-state index contributed by atoms with van der Waals surface area (Å²) < 4.78 is 5.81. The SMILES string of the molecule is CCCNCc1csc(-c2c(C)oc3ccccc23)n1. The van der Waals surface area contributed by atoms with Crippen molar-refractivity contribution in [2.45, 2.75) is 26.8 Å². The quantitative estimate of drug-likeness (QED) is 0.708. The second kappa shape index (κ2) is 5.77. The van der Waals surface area contributed by atoms with Crippen LogP contribution in [0.3, 0.4) is 0 Å². The lowest BCUT2D eigenvalue weighted by Crippen LogP contribution is -2.13. The van der Waals surface area contributed by atoms with Gasteiger partial charge in [-0.1, -0.05) is 25.1 Å². The Hall–Kier alpha value is -1.65. The Morgan fingerprint density at radius 1 is 1.30 bits per heavy atom. The second-order valence-electron chi connectivity index (χ2n) is 4.85. The molecule has 1 N–H and O–H groups in total. The maximum Gasteiger partial charge on any atom is 0.135 e. The van der Waals surface area contributed by atoms with Crippen molar-refractivity contribution in [1.82, 2.24) is 10.3 Å². The molecule has 0 atom stereocenters. The molecule has 3 nitrogen and oxygen atoms in total. The van der Waals surface area contributed by atoms with Gasteiger partial charge in [0.1, 0.15) is 16.4 Å². The molecule has 3 aromatic rings. The first-order valence-electron chi connectivity index (χ1n) is 6.93. The lowest BCUT2D eigenvalue weighted by Gasteiger charge is -1.98. The fraction of sp³-hybridized carbons (Fsp3) is 0.312. The number of nitrogens with one attached hydrogen (secondary N) is 1. The standard InChI is InChI=1S/C16H18N2OS/c1-3-8-17-9-12-10-20-16(18-12)15-11(2)19-14-7-5-4-6-13(14)15/h4-7,10,17H,3,8-9H2,1-2H3. The zero-order valence-corrected chi connectivity index (χ0v) is 12.6. The number of hydrogen-bond acceptors (Lipinski definition) is 4. The van der Waals surface area contributed by atoms with Crippen LogP contribution < -0.4 is 5.32 Å². The van der Waals surface area contributed by atoms with Gasteiger partial charge in [-0.15, -0.1) is 11.3 Å². The number of nitrogens with zero attached hydrogens (tertiary/aromatic N) is 1. The highest BCUT2D eigenvalue weighted by molar-refractivity contribution is 7.13. The zero-order valence-electron chi connectivity index (χ0n) is 11.8. The molecule has 2 heterocycles. The molecule has 0 fully saturated rings. The minimum Gasteiger partial charge on any atom is -0.461 e. The van der Waals surface area contributed by atoms with Crippen LogP contribution in [0, 0.1) is 6.92 Å². The lowest BCUT2D eigenvalue weighted by atomic mass is 10.1. The van der Waals surface area contributed by atoms with Crippen molar-refractivity contribution in [2.24, 2.45) is 0 Å². The van der Waals surface area contributed by atoms with E-state index in [-0.39, 0.29) is 0 Å². The Kier molecular flexibility index (Phi) is 3.85. The summed E-state index contributed by atoms with van der Waals surface area (Å²) in [7, 11) is 0. The highest BCUT2D eigenvalue weighted by Crippen LogP contribution is 2.35. The predicted octanol–water partition coefficient (Wildman–Crippen LogP) is 4.36. The summed E-state index contributed by atoms with van der Waals surface area (Å²) >= 11 is 1.68. The van der Waals surface area contributed by atoms with Crippen molar-refractivity contribution >= 4 is 22.3 Å². The van der Waals surface area contributed by atoms with Gasteiger partial charge in [0.25, 0.3) is 0 Å². The monoisotopic (exact) mass is 286 g/mol. The molecule has 3 rings (SSSR count). The van der Waals surface area contributed by atoms with E-state index in [1.54, 1.807) is 11.3 Å². The zero-order chi connectivity index (χ0) is 13.9. The molecule has 0 bridgehead atoms. The molecule has 0 aliphatic rings. The maximum absolute atomic E-state index is 5.81. The number of fused-ring (bicyclic) bond motifs is 1. The highest BCUT2D eigenvalue weighted by atomic mass is 32.1. The summed E-state index contributed by atoms with van der Waals surface area (Å²) in [5.41, 5.74) is 3.16. The molecule has 0 amide bonds. The van der Waals surface area contributed by atoms with E-state index in [0.717, 1.165) is 52.5 Å². The third-order valence-corrected chi connectivity index (χ3v) is 4.18. The van der Waals surface area contributed by atoms with E-state index in [2.05, 4.69) is 23.7 Å². The Morgan fingerprint density at radius 3 is 3.00 bits per heavy atom. The minimum absolute atomic E-state index is 0.833. The van der Waals surface area contributed by atoms with Crippen LogP contribution in [0.5, 0.6) is 0 Å². The molecule has 0 aliphatic heterocycles. The molecule has 104 valence electrons. The lowest BCUT2D eigenvalue weighted by molar-refractivity contribution is 0.580. The Labute approximate surface area is 122 Å². The average Bonchev–Trinajstić information content (AvgIpc) is 3.02. The fourth-order valence-corrected chi connectivity index (χ4v) is 3.26. The summed E-state index contributed by atoms with van der Waals surface area (Å²) in [5.74, 6) is 0.939. The van der Waals surface area contributed by atoms with E-state index in [1.165, 1.54) is 0 Å². The molecule has 0 saturated heterocycles. The number of hydrogen-bond donors (Lipinski definition) is 1. The molecule has 0 aliphatic carbocycles. The van der Waals surface area contributed by atoms with Crippen molar-refractivity contribution in [2.75, 3.05) is 6.54 Å². The first-order valence-corrected chi connectivity index (χ1v) is 7.81. The van der Waals surface area contributed by atoms with Gasteiger partial charge in [0.05, 0.1) is 11.3 Å².